The molecule has 4 rings (SSSR count). The van der Waals surface area contributed by atoms with Crippen LogP contribution in [-0.4, -0.2) is 29.7 Å². The van der Waals surface area contributed by atoms with Crippen molar-refractivity contribution >= 4 is 11.0 Å². The van der Waals surface area contributed by atoms with Crippen LogP contribution in [0.2, 0.25) is 0 Å². The Morgan fingerprint density at radius 2 is 1.90 bits per heavy atom. The lowest BCUT2D eigenvalue weighted by Crippen LogP contribution is -2.35. The van der Waals surface area contributed by atoms with Crippen molar-refractivity contribution in [2.75, 3.05) is 19.7 Å². The lowest BCUT2D eigenvalue weighted by Gasteiger charge is -2.32. The Kier molecular flexibility index (Phi) is 5.97. The number of hydrogen-bond donors (Lipinski definition) is 1. The molecule has 5 nitrogen and oxygen atoms in total. The van der Waals surface area contributed by atoms with Gasteiger partial charge in [-0.25, -0.2) is 4.79 Å². The van der Waals surface area contributed by atoms with Gasteiger partial charge in [-0.1, -0.05) is 24.3 Å². The number of nitrogens with zero attached hydrogens (tertiary/aromatic N) is 1. The molecule has 5 heteroatoms. The standard InChI is InChI=1S/C24H27NO4/c1-17-11-24(27)29-23-13-21(5-6-22(17)23)28-16-18-7-9-25(10-8-18)14-19-3-2-4-20(12-19)15-26/h2-6,11-13,18,26H,7-10,14-16H2,1H3. The number of benzene rings is 2. The predicted molar refractivity (Wildman–Crippen MR) is 113 cm³/mol. The summed E-state index contributed by atoms with van der Waals surface area (Å²) in [6, 6.07) is 15.4. The van der Waals surface area contributed by atoms with E-state index in [9.17, 15) is 9.90 Å². The Labute approximate surface area is 170 Å². The van der Waals surface area contributed by atoms with E-state index >= 15 is 0 Å². The lowest BCUT2D eigenvalue weighted by molar-refractivity contribution is 0.136. The van der Waals surface area contributed by atoms with Gasteiger partial charge in [-0.3, -0.25) is 4.90 Å². The molecule has 0 bridgehead atoms. The fourth-order valence-corrected chi connectivity index (χ4v) is 4.00. The van der Waals surface area contributed by atoms with E-state index in [1.807, 2.05) is 37.3 Å². The van der Waals surface area contributed by atoms with Crippen molar-refractivity contribution in [3.8, 4) is 5.75 Å². The highest BCUT2D eigenvalue weighted by atomic mass is 16.5. The fraction of sp³-hybridized carbons (Fsp3) is 0.375. The van der Waals surface area contributed by atoms with Crippen LogP contribution < -0.4 is 10.4 Å². The summed E-state index contributed by atoms with van der Waals surface area (Å²) in [5.41, 5.74) is 3.38. The maximum atomic E-state index is 11.6. The summed E-state index contributed by atoms with van der Waals surface area (Å²) >= 11 is 0. The maximum absolute atomic E-state index is 11.6. The predicted octanol–water partition coefficient (Wildman–Crippen LogP) is 3.88. The third-order valence-corrected chi connectivity index (χ3v) is 5.70. The molecule has 0 radical (unpaired) electrons. The second kappa shape index (κ2) is 8.80. The summed E-state index contributed by atoms with van der Waals surface area (Å²) in [7, 11) is 0. The van der Waals surface area contributed by atoms with Crippen LogP contribution in [0.3, 0.4) is 0 Å². The normalized spacial score (nSPS) is 15.7. The highest BCUT2D eigenvalue weighted by Gasteiger charge is 2.20. The average molecular weight is 393 g/mol. The Hall–Kier alpha value is -2.63. The van der Waals surface area contributed by atoms with Crippen molar-refractivity contribution in [3.05, 3.63) is 75.6 Å². The SMILES string of the molecule is Cc1cc(=O)oc2cc(OCC3CCN(Cc4cccc(CO)c4)CC3)ccc12. The summed E-state index contributed by atoms with van der Waals surface area (Å²) in [5.74, 6) is 1.27. The van der Waals surface area contributed by atoms with E-state index in [4.69, 9.17) is 9.15 Å². The summed E-state index contributed by atoms with van der Waals surface area (Å²) in [5, 5.41) is 10.2. The zero-order chi connectivity index (χ0) is 20.2. The Morgan fingerprint density at radius 3 is 2.69 bits per heavy atom. The summed E-state index contributed by atoms with van der Waals surface area (Å²) < 4.78 is 11.3. The minimum absolute atomic E-state index is 0.0883. The Morgan fingerprint density at radius 1 is 1.10 bits per heavy atom. The van der Waals surface area contributed by atoms with Gasteiger partial charge in [-0.2, -0.15) is 0 Å². The molecule has 1 fully saturated rings. The molecule has 1 aliphatic rings. The molecule has 2 heterocycles. The molecule has 0 unspecified atom stereocenters. The van der Waals surface area contributed by atoms with E-state index in [0.29, 0.717) is 18.1 Å². The van der Waals surface area contributed by atoms with Gasteiger partial charge >= 0.3 is 5.63 Å². The third kappa shape index (κ3) is 4.86. The number of likely N-dealkylation sites (tertiary alicyclic amines) is 1. The highest BCUT2D eigenvalue weighted by molar-refractivity contribution is 5.81. The van der Waals surface area contributed by atoms with Crippen LogP contribution >= 0.6 is 0 Å². The quantitative estimate of drug-likeness (QED) is 0.644. The number of aliphatic hydroxyl groups excluding tert-OH is 1. The van der Waals surface area contributed by atoms with Gasteiger partial charge in [0.15, 0.2) is 0 Å². The molecule has 1 aliphatic heterocycles. The van der Waals surface area contributed by atoms with Crippen LogP contribution in [0.1, 0.15) is 29.5 Å². The molecule has 1 saturated heterocycles. The fourth-order valence-electron chi connectivity index (χ4n) is 4.00. The Bertz CT molecular complexity index is 1030. The molecule has 0 amide bonds. The van der Waals surface area contributed by atoms with Crippen molar-refractivity contribution < 1.29 is 14.3 Å². The van der Waals surface area contributed by atoms with Crippen molar-refractivity contribution in [1.29, 1.82) is 0 Å². The van der Waals surface area contributed by atoms with Gasteiger partial charge < -0.3 is 14.3 Å². The first-order valence-electron chi connectivity index (χ1n) is 10.2. The van der Waals surface area contributed by atoms with Crippen molar-refractivity contribution in [1.82, 2.24) is 4.90 Å². The monoisotopic (exact) mass is 393 g/mol. The average Bonchev–Trinajstić information content (AvgIpc) is 2.73. The third-order valence-electron chi connectivity index (χ3n) is 5.70. The largest absolute Gasteiger partial charge is 0.493 e. The molecule has 0 aliphatic carbocycles. The van der Waals surface area contributed by atoms with Crippen molar-refractivity contribution in [2.24, 2.45) is 5.92 Å². The van der Waals surface area contributed by atoms with Crippen LogP contribution in [-0.2, 0) is 13.2 Å². The molecular formula is C24H27NO4. The van der Waals surface area contributed by atoms with Crippen LogP contribution in [0.5, 0.6) is 5.75 Å². The van der Waals surface area contributed by atoms with E-state index in [2.05, 4.69) is 17.0 Å². The number of fused-ring (bicyclic) bond motifs is 1. The molecule has 3 aromatic rings. The number of hydrogen-bond acceptors (Lipinski definition) is 5. The topological polar surface area (TPSA) is 62.9 Å². The molecule has 2 aromatic carbocycles. The van der Waals surface area contributed by atoms with Crippen molar-refractivity contribution in [2.45, 2.75) is 32.9 Å². The molecule has 0 atom stereocenters. The van der Waals surface area contributed by atoms with E-state index in [0.717, 1.165) is 54.7 Å². The number of ether oxygens (including phenoxy) is 1. The van der Waals surface area contributed by atoms with Gasteiger partial charge in [-0.15, -0.1) is 0 Å². The van der Waals surface area contributed by atoms with Gasteiger partial charge in [0.25, 0.3) is 0 Å². The first-order valence-corrected chi connectivity index (χ1v) is 10.2. The summed E-state index contributed by atoms with van der Waals surface area (Å²) in [6.07, 6.45) is 2.20. The highest BCUT2D eigenvalue weighted by Crippen LogP contribution is 2.25. The van der Waals surface area contributed by atoms with Crippen molar-refractivity contribution in [3.63, 3.8) is 0 Å². The molecule has 0 spiro atoms. The second-order valence-corrected chi connectivity index (χ2v) is 7.92. The van der Waals surface area contributed by atoms with Gasteiger partial charge in [0.05, 0.1) is 13.2 Å². The lowest BCUT2D eigenvalue weighted by atomic mass is 9.97. The van der Waals surface area contributed by atoms with E-state index < -0.39 is 0 Å². The molecule has 29 heavy (non-hydrogen) atoms. The molecule has 152 valence electrons. The molecule has 1 N–H and O–H groups in total. The zero-order valence-corrected chi connectivity index (χ0v) is 16.8. The van der Waals surface area contributed by atoms with Crippen LogP contribution in [0.15, 0.2) is 57.7 Å². The zero-order valence-electron chi connectivity index (χ0n) is 16.8. The number of piperidine rings is 1. The first-order chi connectivity index (χ1) is 14.1. The van der Waals surface area contributed by atoms with Gasteiger partial charge in [0.2, 0.25) is 0 Å². The number of aliphatic hydroxyl groups is 1. The van der Waals surface area contributed by atoms with Crippen LogP contribution in [0.4, 0.5) is 0 Å². The summed E-state index contributed by atoms with van der Waals surface area (Å²) in [4.78, 5) is 14.1. The van der Waals surface area contributed by atoms with Gasteiger partial charge in [0.1, 0.15) is 11.3 Å². The molecule has 1 aromatic heterocycles. The van der Waals surface area contributed by atoms with E-state index in [1.165, 1.54) is 11.6 Å². The molecular weight excluding hydrogens is 366 g/mol. The Balaban J connectivity index is 1.30. The number of aryl methyl sites for hydroxylation is 1. The van der Waals surface area contributed by atoms with E-state index in [1.54, 1.807) is 0 Å². The first kappa shape index (κ1) is 19.7. The van der Waals surface area contributed by atoms with Gasteiger partial charge in [-0.05, 0) is 67.6 Å². The second-order valence-electron chi connectivity index (χ2n) is 7.92. The molecule has 0 saturated carbocycles. The van der Waals surface area contributed by atoms with E-state index in [-0.39, 0.29) is 12.2 Å². The smallest absolute Gasteiger partial charge is 0.336 e. The number of rotatable bonds is 6. The minimum atomic E-state index is -0.330. The maximum Gasteiger partial charge on any atom is 0.336 e. The van der Waals surface area contributed by atoms with Crippen LogP contribution in [0, 0.1) is 12.8 Å². The van der Waals surface area contributed by atoms with Crippen LogP contribution in [0.25, 0.3) is 11.0 Å². The van der Waals surface area contributed by atoms with Gasteiger partial charge in [0, 0.05) is 24.1 Å². The summed E-state index contributed by atoms with van der Waals surface area (Å²) in [6.45, 7) is 5.69. The minimum Gasteiger partial charge on any atom is -0.493 e.